The van der Waals surface area contributed by atoms with Gasteiger partial charge in [-0.25, -0.2) is 0 Å². The average molecular weight is 288 g/mol. The van der Waals surface area contributed by atoms with Gasteiger partial charge in [0.05, 0.1) is 11.3 Å². The van der Waals surface area contributed by atoms with Crippen LogP contribution in [0.1, 0.15) is 5.56 Å². The summed E-state index contributed by atoms with van der Waals surface area (Å²) in [5.41, 5.74) is 5.21. The number of nitrogens with zero attached hydrogens (tertiary/aromatic N) is 1. The summed E-state index contributed by atoms with van der Waals surface area (Å²) in [5, 5.41) is -0.518. The van der Waals surface area contributed by atoms with Crippen molar-refractivity contribution in [3.63, 3.8) is 0 Å². The van der Waals surface area contributed by atoms with E-state index in [4.69, 9.17) is 5.73 Å². The Morgan fingerprint density at radius 3 is 2.74 bits per heavy atom. The van der Waals surface area contributed by atoms with E-state index in [9.17, 15) is 18.0 Å². The largest absolute Gasteiger partial charge is 0.416 e. The van der Waals surface area contributed by atoms with Gasteiger partial charge >= 0.3 is 6.18 Å². The summed E-state index contributed by atoms with van der Waals surface area (Å²) in [4.78, 5) is 13.0. The lowest BCUT2D eigenvalue weighted by molar-refractivity contribution is -0.137. The zero-order chi connectivity index (χ0) is 14.2. The molecule has 102 valence electrons. The second-order valence-electron chi connectivity index (χ2n) is 4.05. The van der Waals surface area contributed by atoms with Crippen LogP contribution < -0.4 is 10.6 Å². The first-order chi connectivity index (χ1) is 8.80. The van der Waals surface area contributed by atoms with Crippen molar-refractivity contribution in [2.75, 3.05) is 10.7 Å². The highest BCUT2D eigenvalue weighted by Crippen LogP contribution is 2.36. The van der Waals surface area contributed by atoms with Crippen molar-refractivity contribution in [1.29, 1.82) is 0 Å². The fourth-order valence-corrected chi connectivity index (χ4v) is 2.85. The van der Waals surface area contributed by atoms with E-state index in [1.807, 2.05) is 0 Å². The predicted molar refractivity (Wildman–Crippen MR) is 68.5 cm³/mol. The lowest BCUT2D eigenvalue weighted by Gasteiger charge is -2.24. The van der Waals surface area contributed by atoms with Crippen LogP contribution in [0, 0.1) is 0 Å². The van der Waals surface area contributed by atoms with Crippen molar-refractivity contribution in [3.8, 4) is 0 Å². The molecule has 1 unspecified atom stereocenters. The Balaban J connectivity index is 2.40. The highest BCUT2D eigenvalue weighted by molar-refractivity contribution is 8.01. The van der Waals surface area contributed by atoms with Crippen LogP contribution in [-0.2, 0) is 11.0 Å². The maximum atomic E-state index is 12.7. The molecule has 1 saturated heterocycles. The number of hydrogen-bond acceptors (Lipinski definition) is 3. The molecule has 0 aromatic heterocycles. The van der Waals surface area contributed by atoms with Gasteiger partial charge in [0.25, 0.3) is 0 Å². The third-order valence-corrected chi connectivity index (χ3v) is 3.88. The third-order valence-electron chi connectivity index (χ3n) is 2.64. The Morgan fingerprint density at radius 2 is 2.16 bits per heavy atom. The molecule has 0 spiro atoms. The highest BCUT2D eigenvalue weighted by atomic mass is 32.2. The average Bonchev–Trinajstić information content (AvgIpc) is 2.70. The van der Waals surface area contributed by atoms with Crippen molar-refractivity contribution in [1.82, 2.24) is 0 Å². The van der Waals surface area contributed by atoms with Crippen molar-refractivity contribution in [2.24, 2.45) is 5.73 Å². The Bertz CT molecular complexity index is 530. The van der Waals surface area contributed by atoms with E-state index in [1.54, 1.807) is 0 Å². The number of nitrogens with two attached hydrogens (primary N) is 1. The number of thioether (sulfide) groups is 1. The monoisotopic (exact) mass is 288 g/mol. The van der Waals surface area contributed by atoms with Gasteiger partial charge in [-0.2, -0.15) is 13.2 Å². The van der Waals surface area contributed by atoms with Crippen molar-refractivity contribution >= 4 is 23.4 Å². The van der Waals surface area contributed by atoms with Gasteiger partial charge in [-0.05, 0) is 18.2 Å². The van der Waals surface area contributed by atoms with E-state index in [1.165, 1.54) is 28.8 Å². The van der Waals surface area contributed by atoms with Crippen molar-refractivity contribution in [2.45, 2.75) is 11.6 Å². The molecule has 2 rings (SSSR count). The standard InChI is InChI=1S/C12H11F3N2OS/c1-7(16)11-17(10(18)6-19-11)9-4-2-3-8(5-9)12(13,14)15/h2-5,11H,1,6,16H2. The van der Waals surface area contributed by atoms with Crippen LogP contribution in [0.3, 0.4) is 0 Å². The molecule has 7 heteroatoms. The third kappa shape index (κ3) is 2.70. The minimum Gasteiger partial charge on any atom is -0.400 e. The number of benzene rings is 1. The summed E-state index contributed by atoms with van der Waals surface area (Å²) < 4.78 is 38.0. The van der Waals surface area contributed by atoms with E-state index in [0.717, 1.165) is 12.1 Å². The number of amides is 1. The van der Waals surface area contributed by atoms with Crippen LogP contribution in [0.4, 0.5) is 18.9 Å². The Labute approximate surface area is 112 Å². The number of halogens is 3. The Morgan fingerprint density at radius 1 is 1.47 bits per heavy atom. The summed E-state index contributed by atoms with van der Waals surface area (Å²) >= 11 is 1.25. The molecule has 1 aliphatic rings. The highest BCUT2D eigenvalue weighted by Gasteiger charge is 2.36. The quantitative estimate of drug-likeness (QED) is 0.910. The summed E-state index contributed by atoms with van der Waals surface area (Å²) in [6, 6.07) is 4.63. The molecule has 3 nitrogen and oxygen atoms in total. The van der Waals surface area contributed by atoms with E-state index in [-0.39, 0.29) is 23.0 Å². The lowest BCUT2D eigenvalue weighted by Crippen LogP contribution is -2.35. The summed E-state index contributed by atoms with van der Waals surface area (Å²) in [5.74, 6) is -0.0992. The molecule has 1 aromatic rings. The fraction of sp³-hybridized carbons (Fsp3) is 0.250. The van der Waals surface area contributed by atoms with Crippen LogP contribution >= 0.6 is 11.8 Å². The first-order valence-electron chi connectivity index (χ1n) is 5.36. The summed E-state index contributed by atoms with van der Waals surface area (Å²) in [6.45, 7) is 3.56. The fourth-order valence-electron chi connectivity index (χ4n) is 1.81. The van der Waals surface area contributed by atoms with E-state index < -0.39 is 17.1 Å². The number of carbonyl (C=O) groups is 1. The molecule has 19 heavy (non-hydrogen) atoms. The molecular weight excluding hydrogens is 277 g/mol. The van der Waals surface area contributed by atoms with Gasteiger partial charge in [0.2, 0.25) is 5.91 Å². The van der Waals surface area contributed by atoms with Gasteiger partial charge in [0.1, 0.15) is 5.37 Å². The first-order valence-corrected chi connectivity index (χ1v) is 6.41. The van der Waals surface area contributed by atoms with Gasteiger partial charge in [0, 0.05) is 11.4 Å². The molecule has 1 fully saturated rings. The molecule has 0 bridgehead atoms. The van der Waals surface area contributed by atoms with E-state index >= 15 is 0 Å². The van der Waals surface area contributed by atoms with Crippen LogP contribution in [0.25, 0.3) is 0 Å². The smallest absolute Gasteiger partial charge is 0.400 e. The van der Waals surface area contributed by atoms with Crippen molar-refractivity contribution < 1.29 is 18.0 Å². The molecule has 0 aliphatic carbocycles. The van der Waals surface area contributed by atoms with Crippen LogP contribution in [0.5, 0.6) is 0 Å². The minimum absolute atomic E-state index is 0.178. The number of anilines is 1. The lowest BCUT2D eigenvalue weighted by atomic mass is 10.1. The molecule has 1 aliphatic heterocycles. The summed E-state index contributed by atoms with van der Waals surface area (Å²) in [7, 11) is 0. The van der Waals surface area contributed by atoms with E-state index in [0.29, 0.717) is 0 Å². The van der Waals surface area contributed by atoms with Crippen LogP contribution in [0.15, 0.2) is 36.5 Å². The second-order valence-corrected chi connectivity index (χ2v) is 5.12. The molecule has 1 heterocycles. The zero-order valence-corrected chi connectivity index (χ0v) is 10.6. The zero-order valence-electron chi connectivity index (χ0n) is 9.78. The molecule has 1 atom stereocenters. The molecule has 1 amide bonds. The second kappa shape index (κ2) is 4.80. The Kier molecular flexibility index (Phi) is 3.49. The summed E-state index contributed by atoms with van der Waals surface area (Å²) in [6.07, 6.45) is -4.44. The van der Waals surface area contributed by atoms with Gasteiger partial charge in [0.15, 0.2) is 0 Å². The molecule has 2 N–H and O–H groups in total. The van der Waals surface area contributed by atoms with Gasteiger partial charge < -0.3 is 5.73 Å². The first kappa shape index (κ1) is 13.8. The normalized spacial score (nSPS) is 19.8. The number of alkyl halides is 3. The van der Waals surface area contributed by atoms with Crippen LogP contribution in [-0.4, -0.2) is 17.0 Å². The Hall–Kier alpha value is -1.63. The SMILES string of the molecule is C=C(N)C1SCC(=O)N1c1cccc(C(F)(F)F)c1. The van der Waals surface area contributed by atoms with Crippen molar-refractivity contribution in [3.05, 3.63) is 42.1 Å². The maximum Gasteiger partial charge on any atom is 0.416 e. The van der Waals surface area contributed by atoms with Gasteiger partial charge in [-0.15, -0.1) is 11.8 Å². The molecule has 0 saturated carbocycles. The molecular formula is C12H11F3N2OS. The number of hydrogen-bond donors (Lipinski definition) is 1. The number of carbonyl (C=O) groups excluding carboxylic acids is 1. The van der Waals surface area contributed by atoms with Gasteiger partial charge in [-0.1, -0.05) is 12.6 Å². The predicted octanol–water partition coefficient (Wildman–Crippen LogP) is 2.58. The van der Waals surface area contributed by atoms with E-state index in [2.05, 4.69) is 6.58 Å². The maximum absolute atomic E-state index is 12.7. The molecule has 1 aromatic carbocycles. The minimum atomic E-state index is -4.44. The van der Waals surface area contributed by atoms with Crippen LogP contribution in [0.2, 0.25) is 0 Å². The topological polar surface area (TPSA) is 46.3 Å². The van der Waals surface area contributed by atoms with Gasteiger partial charge in [-0.3, -0.25) is 9.69 Å². The number of rotatable bonds is 2. The molecule has 0 radical (unpaired) electrons.